The molecule has 5 nitrogen and oxygen atoms in total. The normalized spacial score (nSPS) is 10.6. The van der Waals surface area contributed by atoms with E-state index in [0.717, 1.165) is 0 Å². The number of benzene rings is 2. The first kappa shape index (κ1) is 19.1. The molecular formula is C22H19FN2O3. The quantitative estimate of drug-likeness (QED) is 0.584. The average Bonchev–Trinajstić information content (AvgIpc) is 2.70. The predicted molar refractivity (Wildman–Crippen MR) is 106 cm³/mol. The molecule has 0 atom stereocenters. The minimum Gasteiger partial charge on any atom is -0.494 e. The summed E-state index contributed by atoms with van der Waals surface area (Å²) in [5, 5.41) is 2.74. The number of halogens is 1. The summed E-state index contributed by atoms with van der Waals surface area (Å²) in [4.78, 5) is 16.0. The standard InChI is InChI=1S/C22H19FN2O3/c1-2-27-18-6-3-5-17(14-18)25-22(26)11-9-16-8-10-21(20(23)13-16)28-19-7-4-12-24-15-19/h3-15H,2H2,1H3,(H,25,26)/b11-9+. The molecule has 0 unspecified atom stereocenters. The summed E-state index contributed by atoms with van der Waals surface area (Å²) in [6.07, 6.45) is 5.97. The molecule has 1 amide bonds. The number of carbonyl (C=O) groups excluding carboxylic acids is 1. The number of anilines is 1. The summed E-state index contributed by atoms with van der Waals surface area (Å²) >= 11 is 0. The van der Waals surface area contributed by atoms with Crippen molar-refractivity contribution >= 4 is 17.7 Å². The van der Waals surface area contributed by atoms with Crippen LogP contribution in [0.25, 0.3) is 6.08 Å². The molecule has 1 aromatic heterocycles. The van der Waals surface area contributed by atoms with E-state index in [9.17, 15) is 9.18 Å². The van der Waals surface area contributed by atoms with Crippen LogP contribution < -0.4 is 14.8 Å². The van der Waals surface area contributed by atoms with Gasteiger partial charge in [0, 0.05) is 24.0 Å². The zero-order valence-electron chi connectivity index (χ0n) is 15.3. The van der Waals surface area contributed by atoms with Gasteiger partial charge in [-0.3, -0.25) is 9.78 Å². The number of aromatic nitrogens is 1. The minimum atomic E-state index is -0.532. The molecule has 142 valence electrons. The number of carbonyl (C=O) groups is 1. The van der Waals surface area contributed by atoms with E-state index in [1.807, 2.05) is 13.0 Å². The Morgan fingerprint density at radius 2 is 2.00 bits per heavy atom. The molecule has 0 spiro atoms. The maximum atomic E-state index is 14.2. The van der Waals surface area contributed by atoms with Crippen LogP contribution >= 0.6 is 0 Å². The number of hydrogen-bond acceptors (Lipinski definition) is 4. The van der Waals surface area contributed by atoms with Crippen molar-refractivity contribution in [3.63, 3.8) is 0 Å². The molecule has 0 saturated heterocycles. The second-order valence-electron chi connectivity index (χ2n) is 5.76. The van der Waals surface area contributed by atoms with Crippen LogP contribution in [0.4, 0.5) is 10.1 Å². The monoisotopic (exact) mass is 378 g/mol. The van der Waals surface area contributed by atoms with Crippen LogP contribution in [0.3, 0.4) is 0 Å². The second kappa shape index (κ2) is 9.32. The summed E-state index contributed by atoms with van der Waals surface area (Å²) in [6, 6.07) is 15.0. The van der Waals surface area contributed by atoms with Crippen molar-refractivity contribution in [3.8, 4) is 17.2 Å². The Morgan fingerprint density at radius 1 is 1.14 bits per heavy atom. The number of pyridine rings is 1. The lowest BCUT2D eigenvalue weighted by atomic mass is 10.2. The molecule has 3 rings (SSSR count). The van der Waals surface area contributed by atoms with Gasteiger partial charge in [-0.25, -0.2) is 4.39 Å². The Hall–Kier alpha value is -3.67. The first-order valence-electron chi connectivity index (χ1n) is 8.73. The van der Waals surface area contributed by atoms with Gasteiger partial charge < -0.3 is 14.8 Å². The van der Waals surface area contributed by atoms with Crippen LogP contribution in [0.1, 0.15) is 12.5 Å². The van der Waals surface area contributed by atoms with Gasteiger partial charge in [0.1, 0.15) is 11.5 Å². The number of hydrogen-bond donors (Lipinski definition) is 1. The van der Waals surface area contributed by atoms with Gasteiger partial charge in [-0.15, -0.1) is 0 Å². The molecule has 0 aliphatic rings. The molecular weight excluding hydrogens is 359 g/mol. The van der Waals surface area contributed by atoms with Crippen LogP contribution in [-0.2, 0) is 4.79 Å². The van der Waals surface area contributed by atoms with E-state index >= 15 is 0 Å². The first-order valence-corrected chi connectivity index (χ1v) is 8.73. The molecule has 0 fully saturated rings. The van der Waals surface area contributed by atoms with Crippen molar-refractivity contribution in [2.75, 3.05) is 11.9 Å². The van der Waals surface area contributed by atoms with Crippen molar-refractivity contribution in [3.05, 3.63) is 84.4 Å². The zero-order chi connectivity index (χ0) is 19.8. The zero-order valence-corrected chi connectivity index (χ0v) is 15.3. The van der Waals surface area contributed by atoms with Crippen molar-refractivity contribution in [1.82, 2.24) is 4.98 Å². The van der Waals surface area contributed by atoms with Gasteiger partial charge in [0.25, 0.3) is 0 Å². The highest BCUT2D eigenvalue weighted by Gasteiger charge is 2.06. The third kappa shape index (κ3) is 5.41. The fourth-order valence-electron chi connectivity index (χ4n) is 2.42. The summed E-state index contributed by atoms with van der Waals surface area (Å²) in [6.45, 7) is 2.43. The molecule has 0 radical (unpaired) electrons. The van der Waals surface area contributed by atoms with Gasteiger partial charge >= 0.3 is 0 Å². The number of amides is 1. The van der Waals surface area contributed by atoms with E-state index in [2.05, 4.69) is 10.3 Å². The van der Waals surface area contributed by atoms with E-state index in [0.29, 0.717) is 29.4 Å². The largest absolute Gasteiger partial charge is 0.494 e. The lowest BCUT2D eigenvalue weighted by molar-refractivity contribution is -0.111. The third-order valence-corrected chi connectivity index (χ3v) is 3.66. The molecule has 2 aromatic carbocycles. The van der Waals surface area contributed by atoms with Crippen molar-refractivity contribution in [1.29, 1.82) is 0 Å². The lowest BCUT2D eigenvalue weighted by Gasteiger charge is -2.07. The first-order chi connectivity index (χ1) is 13.6. The Labute approximate surface area is 162 Å². The highest BCUT2D eigenvalue weighted by molar-refractivity contribution is 6.02. The Balaban J connectivity index is 1.63. The maximum Gasteiger partial charge on any atom is 0.248 e. The van der Waals surface area contributed by atoms with E-state index in [-0.39, 0.29) is 11.7 Å². The molecule has 6 heteroatoms. The van der Waals surface area contributed by atoms with Crippen LogP contribution in [0, 0.1) is 5.82 Å². The maximum absolute atomic E-state index is 14.2. The Kier molecular flexibility index (Phi) is 6.36. The molecule has 1 N–H and O–H groups in total. The van der Waals surface area contributed by atoms with Crippen LogP contribution in [0.2, 0.25) is 0 Å². The summed E-state index contributed by atoms with van der Waals surface area (Å²) in [5.41, 5.74) is 1.15. The summed E-state index contributed by atoms with van der Waals surface area (Å²) in [7, 11) is 0. The van der Waals surface area contributed by atoms with Crippen molar-refractivity contribution in [2.45, 2.75) is 6.92 Å². The smallest absolute Gasteiger partial charge is 0.248 e. The molecule has 3 aromatic rings. The minimum absolute atomic E-state index is 0.0855. The fraction of sp³-hybridized carbons (Fsp3) is 0.0909. The molecule has 0 saturated carbocycles. The van der Waals surface area contributed by atoms with E-state index in [1.54, 1.807) is 42.6 Å². The van der Waals surface area contributed by atoms with Crippen molar-refractivity contribution < 1.29 is 18.7 Å². The van der Waals surface area contributed by atoms with Gasteiger partial charge in [-0.05, 0) is 55.0 Å². The molecule has 0 aliphatic carbocycles. The Morgan fingerprint density at radius 3 is 2.75 bits per heavy atom. The topological polar surface area (TPSA) is 60.5 Å². The van der Waals surface area contributed by atoms with Gasteiger partial charge in [-0.1, -0.05) is 12.1 Å². The summed E-state index contributed by atoms with van der Waals surface area (Å²) < 4.78 is 25.1. The van der Waals surface area contributed by atoms with Gasteiger partial charge in [0.2, 0.25) is 5.91 Å². The Bertz CT molecular complexity index is 975. The van der Waals surface area contributed by atoms with E-state index in [4.69, 9.17) is 9.47 Å². The highest BCUT2D eigenvalue weighted by atomic mass is 19.1. The molecule has 0 aliphatic heterocycles. The summed E-state index contributed by atoms with van der Waals surface area (Å²) in [5.74, 6) is 0.344. The molecule has 28 heavy (non-hydrogen) atoms. The average molecular weight is 378 g/mol. The van der Waals surface area contributed by atoms with Crippen LogP contribution in [-0.4, -0.2) is 17.5 Å². The fourth-order valence-corrected chi connectivity index (χ4v) is 2.42. The number of ether oxygens (including phenoxy) is 2. The third-order valence-electron chi connectivity index (χ3n) is 3.66. The van der Waals surface area contributed by atoms with Crippen LogP contribution in [0.5, 0.6) is 17.2 Å². The van der Waals surface area contributed by atoms with Gasteiger partial charge in [0.15, 0.2) is 11.6 Å². The van der Waals surface area contributed by atoms with E-state index in [1.165, 1.54) is 30.5 Å². The molecule has 1 heterocycles. The van der Waals surface area contributed by atoms with Gasteiger partial charge in [0.05, 0.1) is 12.8 Å². The lowest BCUT2D eigenvalue weighted by Crippen LogP contribution is -2.07. The van der Waals surface area contributed by atoms with Crippen LogP contribution in [0.15, 0.2) is 73.1 Å². The highest BCUT2D eigenvalue weighted by Crippen LogP contribution is 2.25. The molecule has 0 bridgehead atoms. The number of rotatable bonds is 7. The number of nitrogens with one attached hydrogen (secondary N) is 1. The predicted octanol–water partition coefficient (Wildman–Crippen LogP) is 5.06. The second-order valence-corrected chi connectivity index (χ2v) is 5.76. The van der Waals surface area contributed by atoms with Crippen molar-refractivity contribution in [2.24, 2.45) is 0 Å². The number of nitrogens with zero attached hydrogens (tertiary/aromatic N) is 1. The van der Waals surface area contributed by atoms with Gasteiger partial charge in [-0.2, -0.15) is 0 Å². The van der Waals surface area contributed by atoms with E-state index < -0.39 is 5.82 Å². The SMILES string of the molecule is CCOc1cccc(NC(=O)/C=C/c2ccc(Oc3cccnc3)c(F)c2)c1.